The van der Waals surface area contributed by atoms with Crippen LogP contribution in [-0.2, 0) is 11.3 Å². The van der Waals surface area contributed by atoms with Crippen LogP contribution in [0, 0.1) is 6.92 Å². The number of aromatic nitrogens is 2. The maximum Gasteiger partial charge on any atom is 0.243 e. The molecule has 3 aromatic rings. The minimum Gasteiger partial charge on any atom is -0.349 e. The molecule has 0 aliphatic carbocycles. The van der Waals surface area contributed by atoms with Crippen molar-refractivity contribution >= 4 is 34.7 Å². The smallest absolute Gasteiger partial charge is 0.243 e. The number of thiophene rings is 1. The minimum absolute atomic E-state index is 0.0337. The molecule has 144 valence electrons. The SMILES string of the molecule is Cc1ccc(Nc2ccnc(N3CCCC3C(=O)NCc3cccs3)n2)cc1. The van der Waals surface area contributed by atoms with E-state index in [1.165, 1.54) is 5.56 Å². The summed E-state index contributed by atoms with van der Waals surface area (Å²) in [4.78, 5) is 24.9. The molecular formula is C21H23N5OS. The third kappa shape index (κ3) is 4.31. The molecule has 0 spiro atoms. The highest BCUT2D eigenvalue weighted by molar-refractivity contribution is 7.09. The first kappa shape index (κ1) is 18.4. The lowest BCUT2D eigenvalue weighted by atomic mass is 10.2. The Kier molecular flexibility index (Phi) is 5.53. The maximum absolute atomic E-state index is 12.7. The second kappa shape index (κ2) is 8.39. The van der Waals surface area contributed by atoms with Crippen LogP contribution in [0.25, 0.3) is 0 Å². The largest absolute Gasteiger partial charge is 0.349 e. The van der Waals surface area contributed by atoms with Gasteiger partial charge >= 0.3 is 0 Å². The zero-order valence-corrected chi connectivity index (χ0v) is 16.6. The lowest BCUT2D eigenvalue weighted by Crippen LogP contribution is -2.43. The third-order valence-corrected chi connectivity index (χ3v) is 5.67. The lowest BCUT2D eigenvalue weighted by molar-refractivity contribution is -0.122. The Hall–Kier alpha value is -2.93. The number of nitrogens with zero attached hydrogens (tertiary/aromatic N) is 3. The zero-order chi connectivity index (χ0) is 19.3. The van der Waals surface area contributed by atoms with Crippen molar-refractivity contribution < 1.29 is 4.79 Å². The summed E-state index contributed by atoms with van der Waals surface area (Å²) in [5.74, 6) is 1.34. The van der Waals surface area contributed by atoms with E-state index >= 15 is 0 Å². The molecular weight excluding hydrogens is 370 g/mol. The Morgan fingerprint density at radius 1 is 1.25 bits per heavy atom. The molecule has 6 nitrogen and oxygen atoms in total. The molecule has 1 aromatic carbocycles. The minimum atomic E-state index is -0.227. The van der Waals surface area contributed by atoms with Crippen molar-refractivity contribution in [2.75, 3.05) is 16.8 Å². The predicted octanol–water partition coefficient (Wildman–Crippen LogP) is 3.88. The molecule has 7 heteroatoms. The molecule has 2 N–H and O–H groups in total. The summed E-state index contributed by atoms with van der Waals surface area (Å²) in [5.41, 5.74) is 2.18. The number of anilines is 3. The van der Waals surface area contributed by atoms with Crippen molar-refractivity contribution in [3.8, 4) is 0 Å². The summed E-state index contributed by atoms with van der Waals surface area (Å²) in [7, 11) is 0. The fourth-order valence-electron chi connectivity index (χ4n) is 3.33. The summed E-state index contributed by atoms with van der Waals surface area (Å²) < 4.78 is 0. The predicted molar refractivity (Wildman–Crippen MR) is 113 cm³/mol. The van der Waals surface area contributed by atoms with E-state index in [9.17, 15) is 4.79 Å². The molecule has 28 heavy (non-hydrogen) atoms. The van der Waals surface area contributed by atoms with Gasteiger partial charge in [0.2, 0.25) is 11.9 Å². The summed E-state index contributed by atoms with van der Waals surface area (Å²) in [5, 5.41) is 8.37. The van der Waals surface area contributed by atoms with Gasteiger partial charge in [0.25, 0.3) is 0 Å². The summed E-state index contributed by atoms with van der Waals surface area (Å²) in [6, 6.07) is 13.8. The highest BCUT2D eigenvalue weighted by Gasteiger charge is 2.32. The van der Waals surface area contributed by atoms with Gasteiger partial charge < -0.3 is 15.5 Å². The van der Waals surface area contributed by atoms with Crippen LogP contribution in [0.5, 0.6) is 0 Å². The summed E-state index contributed by atoms with van der Waals surface area (Å²) >= 11 is 1.65. The molecule has 0 saturated carbocycles. The topological polar surface area (TPSA) is 70.2 Å². The van der Waals surface area contributed by atoms with E-state index in [2.05, 4.69) is 39.7 Å². The molecule has 1 fully saturated rings. The van der Waals surface area contributed by atoms with Crippen LogP contribution in [0.4, 0.5) is 17.5 Å². The number of amides is 1. The van der Waals surface area contributed by atoms with Crippen molar-refractivity contribution in [3.63, 3.8) is 0 Å². The van der Waals surface area contributed by atoms with Crippen LogP contribution in [0.1, 0.15) is 23.3 Å². The first-order chi connectivity index (χ1) is 13.7. The van der Waals surface area contributed by atoms with Gasteiger partial charge in [-0.15, -0.1) is 11.3 Å². The van der Waals surface area contributed by atoms with E-state index in [4.69, 9.17) is 0 Å². The zero-order valence-electron chi connectivity index (χ0n) is 15.8. The number of nitrogens with one attached hydrogen (secondary N) is 2. The first-order valence-corrected chi connectivity index (χ1v) is 10.3. The number of carbonyl (C=O) groups excluding carboxylic acids is 1. The van der Waals surface area contributed by atoms with E-state index in [-0.39, 0.29) is 11.9 Å². The molecule has 0 radical (unpaired) electrons. The van der Waals surface area contributed by atoms with Gasteiger partial charge in [0.05, 0.1) is 6.54 Å². The lowest BCUT2D eigenvalue weighted by Gasteiger charge is -2.24. The van der Waals surface area contributed by atoms with Crippen molar-refractivity contribution in [2.24, 2.45) is 0 Å². The Labute approximate surface area is 168 Å². The molecule has 4 rings (SSSR count). The molecule has 3 heterocycles. The van der Waals surface area contributed by atoms with Gasteiger partial charge in [-0.05, 0) is 49.4 Å². The number of benzene rings is 1. The molecule has 1 amide bonds. The van der Waals surface area contributed by atoms with E-state index in [0.29, 0.717) is 12.5 Å². The number of aryl methyl sites for hydroxylation is 1. The van der Waals surface area contributed by atoms with E-state index in [1.54, 1.807) is 17.5 Å². The molecule has 2 aromatic heterocycles. The third-order valence-electron chi connectivity index (χ3n) is 4.80. The van der Waals surface area contributed by atoms with Crippen molar-refractivity contribution in [3.05, 3.63) is 64.5 Å². The maximum atomic E-state index is 12.7. The van der Waals surface area contributed by atoms with E-state index in [0.717, 1.165) is 35.8 Å². The van der Waals surface area contributed by atoms with Gasteiger partial charge in [-0.1, -0.05) is 23.8 Å². The van der Waals surface area contributed by atoms with Crippen LogP contribution in [0.2, 0.25) is 0 Å². The van der Waals surface area contributed by atoms with Crippen LogP contribution in [-0.4, -0.2) is 28.5 Å². The molecule has 0 bridgehead atoms. The number of carbonyl (C=O) groups is 1. The van der Waals surface area contributed by atoms with Gasteiger partial charge in [0.15, 0.2) is 0 Å². The first-order valence-electron chi connectivity index (χ1n) is 9.42. The second-order valence-electron chi connectivity index (χ2n) is 6.88. The summed E-state index contributed by atoms with van der Waals surface area (Å²) in [6.45, 7) is 3.41. The van der Waals surface area contributed by atoms with Gasteiger partial charge in [-0.25, -0.2) is 4.98 Å². The van der Waals surface area contributed by atoms with Crippen LogP contribution >= 0.6 is 11.3 Å². The van der Waals surface area contributed by atoms with Crippen molar-refractivity contribution in [1.29, 1.82) is 0 Å². The van der Waals surface area contributed by atoms with Gasteiger partial charge in [-0.3, -0.25) is 4.79 Å². The van der Waals surface area contributed by atoms with Gasteiger partial charge in [-0.2, -0.15) is 4.98 Å². The molecule has 1 saturated heterocycles. The Morgan fingerprint density at radius 3 is 2.89 bits per heavy atom. The molecule has 1 atom stereocenters. The molecule has 1 aliphatic rings. The van der Waals surface area contributed by atoms with Gasteiger partial charge in [0, 0.05) is 23.3 Å². The monoisotopic (exact) mass is 393 g/mol. The average molecular weight is 394 g/mol. The quantitative estimate of drug-likeness (QED) is 0.665. The van der Waals surface area contributed by atoms with Crippen LogP contribution < -0.4 is 15.5 Å². The van der Waals surface area contributed by atoms with E-state index < -0.39 is 0 Å². The number of hydrogen-bond donors (Lipinski definition) is 2. The Bertz CT molecular complexity index is 926. The van der Waals surface area contributed by atoms with Crippen molar-refractivity contribution in [1.82, 2.24) is 15.3 Å². The fourth-order valence-corrected chi connectivity index (χ4v) is 3.97. The van der Waals surface area contributed by atoms with Crippen LogP contribution in [0.15, 0.2) is 54.0 Å². The number of hydrogen-bond acceptors (Lipinski definition) is 6. The Balaban J connectivity index is 1.44. The highest BCUT2D eigenvalue weighted by atomic mass is 32.1. The highest BCUT2D eigenvalue weighted by Crippen LogP contribution is 2.24. The van der Waals surface area contributed by atoms with E-state index in [1.807, 2.05) is 40.6 Å². The molecule has 1 aliphatic heterocycles. The summed E-state index contributed by atoms with van der Waals surface area (Å²) in [6.07, 6.45) is 3.50. The Morgan fingerprint density at radius 2 is 2.11 bits per heavy atom. The van der Waals surface area contributed by atoms with Gasteiger partial charge in [0.1, 0.15) is 11.9 Å². The molecule has 1 unspecified atom stereocenters. The normalized spacial score (nSPS) is 16.2. The number of rotatable bonds is 6. The fraction of sp³-hybridized carbons (Fsp3) is 0.286. The standard InChI is InChI=1S/C21H23N5OS/c1-15-6-8-16(9-7-15)24-19-10-11-22-21(25-19)26-12-2-5-18(26)20(27)23-14-17-4-3-13-28-17/h3-4,6-11,13,18H,2,5,12,14H2,1H3,(H,23,27)(H,22,24,25). The average Bonchev–Trinajstić information content (AvgIpc) is 3.40. The second-order valence-corrected chi connectivity index (χ2v) is 7.91. The van der Waals surface area contributed by atoms with Crippen molar-refractivity contribution in [2.45, 2.75) is 32.4 Å². The van der Waals surface area contributed by atoms with Crippen LogP contribution in [0.3, 0.4) is 0 Å².